The van der Waals surface area contributed by atoms with Crippen LogP contribution in [0.15, 0.2) is 30.3 Å². The highest BCUT2D eigenvalue weighted by Gasteiger charge is 2.21. The van der Waals surface area contributed by atoms with Crippen molar-refractivity contribution >= 4 is 17.5 Å². The number of alkyl halides is 1. The Balaban J connectivity index is 1.74. The first kappa shape index (κ1) is 16.3. The fourth-order valence-electron chi connectivity index (χ4n) is 2.84. The highest BCUT2D eigenvalue weighted by atomic mass is 35.5. The molecule has 1 unspecified atom stereocenters. The molecule has 1 saturated heterocycles. The normalized spacial score (nSPS) is 19.4. The molecule has 1 amide bonds. The van der Waals surface area contributed by atoms with E-state index in [0.717, 1.165) is 45.3 Å². The Bertz CT molecular complexity index is 424. The number of halogens is 1. The van der Waals surface area contributed by atoms with Crippen LogP contribution in [0.1, 0.15) is 37.7 Å². The lowest BCUT2D eigenvalue weighted by Crippen LogP contribution is -2.47. The summed E-state index contributed by atoms with van der Waals surface area (Å²) in [4.78, 5) is 14.3. The number of nitrogens with zero attached hydrogens (tertiary/aromatic N) is 1. The number of benzene rings is 1. The maximum atomic E-state index is 11.9. The van der Waals surface area contributed by atoms with Crippen molar-refractivity contribution < 1.29 is 4.79 Å². The van der Waals surface area contributed by atoms with E-state index < -0.39 is 0 Å². The Kier molecular flexibility index (Phi) is 7.04. The molecule has 0 radical (unpaired) electrons. The number of piperidine rings is 1. The Morgan fingerprint density at radius 3 is 2.86 bits per heavy atom. The van der Waals surface area contributed by atoms with Crippen molar-refractivity contribution in [2.75, 3.05) is 19.0 Å². The summed E-state index contributed by atoms with van der Waals surface area (Å²) in [6, 6.07) is 10.8. The molecule has 1 aliphatic heterocycles. The van der Waals surface area contributed by atoms with Gasteiger partial charge in [-0.3, -0.25) is 9.69 Å². The molecule has 1 N–H and O–H groups in total. The van der Waals surface area contributed by atoms with Crippen LogP contribution in [0.5, 0.6) is 0 Å². The first-order chi connectivity index (χ1) is 10.3. The minimum absolute atomic E-state index is 0.173. The van der Waals surface area contributed by atoms with Crippen molar-refractivity contribution in [2.24, 2.45) is 0 Å². The summed E-state index contributed by atoms with van der Waals surface area (Å²) in [6.07, 6.45) is 4.64. The number of likely N-dealkylation sites (tertiary alicyclic amines) is 1. The van der Waals surface area contributed by atoms with Gasteiger partial charge >= 0.3 is 0 Å². The van der Waals surface area contributed by atoms with Gasteiger partial charge < -0.3 is 5.32 Å². The number of carbonyl (C=O) groups is 1. The summed E-state index contributed by atoms with van der Waals surface area (Å²) >= 11 is 5.63. The monoisotopic (exact) mass is 308 g/mol. The van der Waals surface area contributed by atoms with Crippen molar-refractivity contribution in [3.8, 4) is 0 Å². The van der Waals surface area contributed by atoms with Crippen LogP contribution in [0.4, 0.5) is 0 Å². The van der Waals surface area contributed by atoms with Crippen LogP contribution in [0, 0.1) is 0 Å². The molecule has 0 saturated carbocycles. The summed E-state index contributed by atoms with van der Waals surface area (Å²) in [6.45, 7) is 3.04. The van der Waals surface area contributed by atoms with Gasteiger partial charge in [0.15, 0.2) is 0 Å². The summed E-state index contributed by atoms with van der Waals surface area (Å²) in [5, 5.41) is 3.17. The number of rotatable bonds is 7. The molecule has 1 fully saturated rings. The van der Waals surface area contributed by atoms with Gasteiger partial charge in [-0.15, -0.1) is 11.6 Å². The molecule has 0 aromatic heterocycles. The van der Waals surface area contributed by atoms with E-state index in [9.17, 15) is 4.79 Å². The second kappa shape index (κ2) is 9.06. The Labute approximate surface area is 132 Å². The van der Waals surface area contributed by atoms with E-state index in [2.05, 4.69) is 34.5 Å². The highest BCUT2D eigenvalue weighted by molar-refractivity contribution is 6.17. The van der Waals surface area contributed by atoms with Crippen LogP contribution >= 0.6 is 11.6 Å². The molecular weight excluding hydrogens is 284 g/mol. The van der Waals surface area contributed by atoms with Gasteiger partial charge in [-0.25, -0.2) is 0 Å². The molecule has 1 heterocycles. The smallest absolute Gasteiger partial charge is 0.220 e. The molecule has 1 aliphatic rings. The third-order valence-electron chi connectivity index (χ3n) is 3.91. The number of hydrogen-bond acceptors (Lipinski definition) is 2. The number of nitrogens with one attached hydrogen (secondary N) is 1. The molecule has 0 bridgehead atoms. The van der Waals surface area contributed by atoms with Gasteiger partial charge in [0.05, 0.1) is 0 Å². The lowest BCUT2D eigenvalue weighted by molar-refractivity contribution is -0.122. The van der Waals surface area contributed by atoms with Crippen molar-refractivity contribution in [1.82, 2.24) is 10.2 Å². The van der Waals surface area contributed by atoms with Crippen molar-refractivity contribution in [3.63, 3.8) is 0 Å². The van der Waals surface area contributed by atoms with Gasteiger partial charge in [0.25, 0.3) is 0 Å². The third kappa shape index (κ3) is 6.06. The molecule has 4 heteroatoms. The average molecular weight is 309 g/mol. The average Bonchev–Trinajstić information content (AvgIpc) is 2.49. The second-order valence-electron chi connectivity index (χ2n) is 5.77. The zero-order valence-corrected chi connectivity index (χ0v) is 13.3. The number of unbranched alkanes of at least 4 members (excludes halogenated alkanes) is 1. The largest absolute Gasteiger partial charge is 0.352 e. The zero-order chi connectivity index (χ0) is 14.9. The number of amides is 1. The van der Waals surface area contributed by atoms with Gasteiger partial charge in [0.1, 0.15) is 0 Å². The molecule has 0 aliphatic carbocycles. The fourth-order valence-corrected chi connectivity index (χ4v) is 3.03. The zero-order valence-electron chi connectivity index (χ0n) is 12.6. The molecular formula is C17H25ClN2O. The van der Waals surface area contributed by atoms with Gasteiger partial charge in [0.2, 0.25) is 5.91 Å². The number of hydrogen-bond donors (Lipinski definition) is 1. The van der Waals surface area contributed by atoms with E-state index in [-0.39, 0.29) is 5.91 Å². The minimum Gasteiger partial charge on any atom is -0.352 e. The van der Waals surface area contributed by atoms with E-state index in [1.54, 1.807) is 0 Å². The van der Waals surface area contributed by atoms with Gasteiger partial charge in [-0.05, 0) is 37.8 Å². The van der Waals surface area contributed by atoms with Crippen molar-refractivity contribution in [3.05, 3.63) is 35.9 Å². The Morgan fingerprint density at radius 2 is 2.10 bits per heavy atom. The highest BCUT2D eigenvalue weighted by Crippen LogP contribution is 2.14. The molecule has 1 aromatic rings. The summed E-state index contributed by atoms with van der Waals surface area (Å²) in [5.74, 6) is 0.813. The van der Waals surface area contributed by atoms with E-state index in [0.29, 0.717) is 18.3 Å². The fraction of sp³-hybridized carbons (Fsp3) is 0.588. The van der Waals surface area contributed by atoms with E-state index in [1.165, 1.54) is 5.56 Å². The molecule has 1 atom stereocenters. The summed E-state index contributed by atoms with van der Waals surface area (Å²) in [7, 11) is 0. The van der Waals surface area contributed by atoms with Gasteiger partial charge in [-0.1, -0.05) is 30.3 Å². The SMILES string of the molecule is O=C(CCCCCl)NC1CCCN(Cc2ccccc2)C1. The van der Waals surface area contributed by atoms with E-state index >= 15 is 0 Å². The first-order valence-corrected chi connectivity index (χ1v) is 8.43. The van der Waals surface area contributed by atoms with Gasteiger partial charge in [0, 0.05) is 31.4 Å². The minimum atomic E-state index is 0.173. The van der Waals surface area contributed by atoms with Crippen LogP contribution in [0.25, 0.3) is 0 Å². The summed E-state index contributed by atoms with van der Waals surface area (Å²) < 4.78 is 0. The molecule has 0 spiro atoms. The standard InChI is InChI=1S/C17H25ClN2O/c18-11-5-4-10-17(21)19-16-9-6-12-20(14-16)13-15-7-2-1-3-8-15/h1-3,7-8,16H,4-6,9-14H2,(H,19,21). The predicted molar refractivity (Wildman–Crippen MR) is 87.5 cm³/mol. The van der Waals surface area contributed by atoms with Crippen LogP contribution in [0.2, 0.25) is 0 Å². The molecule has 116 valence electrons. The van der Waals surface area contributed by atoms with Gasteiger partial charge in [-0.2, -0.15) is 0 Å². The molecule has 1 aromatic carbocycles. The lowest BCUT2D eigenvalue weighted by atomic mass is 10.0. The quantitative estimate of drug-likeness (QED) is 0.620. The van der Waals surface area contributed by atoms with Crippen molar-refractivity contribution in [2.45, 2.75) is 44.7 Å². The second-order valence-corrected chi connectivity index (χ2v) is 6.15. The maximum absolute atomic E-state index is 11.9. The Hall–Kier alpha value is -1.06. The number of carbonyl (C=O) groups excluding carboxylic acids is 1. The van der Waals surface area contributed by atoms with Crippen LogP contribution < -0.4 is 5.32 Å². The first-order valence-electron chi connectivity index (χ1n) is 7.89. The van der Waals surface area contributed by atoms with E-state index in [1.807, 2.05) is 6.07 Å². The summed E-state index contributed by atoms with van der Waals surface area (Å²) in [5.41, 5.74) is 1.34. The third-order valence-corrected chi connectivity index (χ3v) is 4.17. The molecule has 2 rings (SSSR count). The van der Waals surface area contributed by atoms with Crippen LogP contribution in [-0.4, -0.2) is 35.8 Å². The topological polar surface area (TPSA) is 32.3 Å². The molecule has 21 heavy (non-hydrogen) atoms. The van der Waals surface area contributed by atoms with Crippen LogP contribution in [-0.2, 0) is 11.3 Å². The van der Waals surface area contributed by atoms with Crippen molar-refractivity contribution in [1.29, 1.82) is 0 Å². The lowest BCUT2D eigenvalue weighted by Gasteiger charge is -2.33. The predicted octanol–water partition coefficient (Wildman–Crippen LogP) is 3.18. The van der Waals surface area contributed by atoms with Crippen LogP contribution in [0.3, 0.4) is 0 Å². The van der Waals surface area contributed by atoms with E-state index in [4.69, 9.17) is 11.6 Å². The molecule has 3 nitrogen and oxygen atoms in total. The Morgan fingerprint density at radius 1 is 1.29 bits per heavy atom. The maximum Gasteiger partial charge on any atom is 0.220 e.